The van der Waals surface area contributed by atoms with Crippen molar-refractivity contribution >= 4 is 34.8 Å². The molecule has 0 atom stereocenters. The molecule has 128 valence electrons. The minimum atomic E-state index is -4.40. The van der Waals surface area contributed by atoms with Crippen LogP contribution < -0.4 is 4.90 Å². The van der Waals surface area contributed by atoms with Gasteiger partial charge in [0.25, 0.3) is 5.91 Å². The number of fused-ring (bicyclic) bond motifs is 1. The minimum absolute atomic E-state index is 0.240. The zero-order valence-electron chi connectivity index (χ0n) is 12.6. The number of hydrogen-bond acceptors (Lipinski definition) is 1. The van der Waals surface area contributed by atoms with Crippen molar-refractivity contribution in [2.75, 3.05) is 11.4 Å². The Hall–Kier alpha value is -1.66. The number of nitrogens with zero attached hydrogens (tertiary/aromatic N) is 2. The molecule has 0 bridgehead atoms. The molecule has 1 aliphatic rings. The van der Waals surface area contributed by atoms with E-state index in [1.165, 1.54) is 21.6 Å². The molecule has 3 rings (SSSR count). The molecule has 0 N–H and O–H groups in total. The van der Waals surface area contributed by atoms with Crippen LogP contribution in [-0.2, 0) is 19.6 Å². The predicted octanol–water partition coefficient (Wildman–Crippen LogP) is 4.94. The predicted molar refractivity (Wildman–Crippen MR) is 86.9 cm³/mol. The van der Waals surface area contributed by atoms with E-state index in [0.717, 1.165) is 12.1 Å². The van der Waals surface area contributed by atoms with Crippen LogP contribution in [-0.4, -0.2) is 17.0 Å². The number of alkyl halides is 3. The molecule has 3 nitrogen and oxygen atoms in total. The van der Waals surface area contributed by atoms with Crippen molar-refractivity contribution in [2.24, 2.45) is 7.05 Å². The highest BCUT2D eigenvalue weighted by molar-refractivity contribution is 6.42. The number of hydrogen-bond donors (Lipinski definition) is 0. The third-order valence-corrected chi connectivity index (χ3v) is 4.95. The number of amides is 1. The lowest BCUT2D eigenvalue weighted by molar-refractivity contribution is -0.137. The Morgan fingerprint density at radius 3 is 2.50 bits per heavy atom. The third kappa shape index (κ3) is 2.89. The van der Waals surface area contributed by atoms with E-state index < -0.39 is 11.7 Å². The van der Waals surface area contributed by atoms with Crippen LogP contribution in [0.1, 0.15) is 28.0 Å². The zero-order valence-corrected chi connectivity index (χ0v) is 14.1. The Bertz CT molecular complexity index is 814. The molecule has 8 heteroatoms. The number of aryl methyl sites for hydroxylation is 1. The first kappa shape index (κ1) is 17.2. The molecular weight excluding hydrogens is 364 g/mol. The fourth-order valence-electron chi connectivity index (χ4n) is 2.87. The van der Waals surface area contributed by atoms with E-state index in [2.05, 4.69) is 0 Å². The molecule has 1 aliphatic heterocycles. The van der Waals surface area contributed by atoms with E-state index >= 15 is 0 Å². The molecule has 1 amide bonds. The first-order valence-corrected chi connectivity index (χ1v) is 7.98. The topological polar surface area (TPSA) is 25.2 Å². The normalized spacial score (nSPS) is 14.7. The highest BCUT2D eigenvalue weighted by atomic mass is 35.5. The molecule has 0 radical (unpaired) electrons. The molecule has 0 saturated carbocycles. The lowest BCUT2D eigenvalue weighted by Gasteiger charge is -2.30. The maximum Gasteiger partial charge on any atom is 0.416 e. The second-order valence-corrected chi connectivity index (χ2v) is 6.39. The molecule has 2 aromatic rings. The first-order chi connectivity index (χ1) is 11.2. The Morgan fingerprint density at radius 1 is 1.21 bits per heavy atom. The van der Waals surface area contributed by atoms with Gasteiger partial charge in [0.15, 0.2) is 0 Å². The minimum Gasteiger partial charge on any atom is -0.329 e. The second kappa shape index (κ2) is 6.01. The van der Waals surface area contributed by atoms with Crippen LogP contribution in [0.15, 0.2) is 24.3 Å². The molecule has 1 aromatic heterocycles. The first-order valence-electron chi connectivity index (χ1n) is 7.23. The van der Waals surface area contributed by atoms with Gasteiger partial charge in [-0.2, -0.15) is 13.2 Å². The van der Waals surface area contributed by atoms with E-state index in [-0.39, 0.29) is 21.8 Å². The van der Waals surface area contributed by atoms with Crippen LogP contribution in [0.5, 0.6) is 0 Å². The summed E-state index contributed by atoms with van der Waals surface area (Å²) in [6, 6.07) is 4.92. The lowest BCUT2D eigenvalue weighted by atomic mass is 9.98. The van der Waals surface area contributed by atoms with Gasteiger partial charge in [0.05, 0.1) is 10.6 Å². The Labute approximate surface area is 146 Å². The smallest absolute Gasteiger partial charge is 0.329 e. The van der Waals surface area contributed by atoms with Crippen molar-refractivity contribution in [2.45, 2.75) is 19.0 Å². The molecule has 0 aliphatic carbocycles. The fourth-order valence-corrected chi connectivity index (χ4v) is 3.25. The average molecular weight is 377 g/mol. The van der Waals surface area contributed by atoms with Crippen LogP contribution in [0.2, 0.25) is 10.2 Å². The third-order valence-electron chi connectivity index (χ3n) is 4.11. The van der Waals surface area contributed by atoms with Crippen LogP contribution in [0.4, 0.5) is 18.9 Å². The van der Waals surface area contributed by atoms with E-state index in [4.69, 9.17) is 23.2 Å². The Balaban J connectivity index is 2.00. The molecular formula is C16H13Cl2F3N2O. The van der Waals surface area contributed by atoms with Crippen molar-refractivity contribution in [3.8, 4) is 0 Å². The molecule has 1 aromatic carbocycles. The molecule has 0 saturated heterocycles. The summed E-state index contributed by atoms with van der Waals surface area (Å²) >= 11 is 11.9. The average Bonchev–Trinajstić information content (AvgIpc) is 2.80. The summed E-state index contributed by atoms with van der Waals surface area (Å²) in [5.74, 6) is -0.341. The summed E-state index contributed by atoms with van der Waals surface area (Å²) in [5, 5.41) is 0.497. The summed E-state index contributed by atoms with van der Waals surface area (Å²) in [4.78, 5) is 14.3. The van der Waals surface area contributed by atoms with Crippen LogP contribution in [0.25, 0.3) is 0 Å². The van der Waals surface area contributed by atoms with E-state index in [1.807, 2.05) is 0 Å². The molecule has 0 fully saturated rings. The van der Waals surface area contributed by atoms with Gasteiger partial charge in [0, 0.05) is 19.3 Å². The molecule has 2 heterocycles. The van der Waals surface area contributed by atoms with Gasteiger partial charge in [0.2, 0.25) is 0 Å². The molecule has 0 unspecified atom stereocenters. The van der Waals surface area contributed by atoms with Gasteiger partial charge >= 0.3 is 6.18 Å². The quantitative estimate of drug-likeness (QED) is 0.691. The largest absolute Gasteiger partial charge is 0.416 e. The highest BCUT2D eigenvalue weighted by Gasteiger charge is 2.33. The van der Waals surface area contributed by atoms with Gasteiger partial charge in [-0.25, -0.2) is 0 Å². The van der Waals surface area contributed by atoms with E-state index in [9.17, 15) is 18.0 Å². The Morgan fingerprint density at radius 2 is 1.92 bits per heavy atom. The van der Waals surface area contributed by atoms with Gasteiger partial charge in [0.1, 0.15) is 10.8 Å². The number of carbonyl (C=O) groups is 1. The van der Waals surface area contributed by atoms with Crippen molar-refractivity contribution in [1.82, 2.24) is 4.57 Å². The maximum atomic E-state index is 12.9. The van der Waals surface area contributed by atoms with Crippen LogP contribution in [0, 0.1) is 0 Å². The van der Waals surface area contributed by atoms with Crippen molar-refractivity contribution < 1.29 is 18.0 Å². The zero-order chi connectivity index (χ0) is 17.6. The maximum absolute atomic E-state index is 12.9. The number of rotatable bonds is 1. The van der Waals surface area contributed by atoms with Crippen LogP contribution >= 0.6 is 23.2 Å². The van der Waals surface area contributed by atoms with E-state index in [0.29, 0.717) is 30.6 Å². The SMILES string of the molecule is Cn1c(C(=O)N2CCCc3cc(C(F)(F)F)ccc32)cc(Cl)c1Cl. The second-order valence-electron chi connectivity index (χ2n) is 5.63. The van der Waals surface area contributed by atoms with Crippen molar-refractivity contribution in [3.05, 3.63) is 51.3 Å². The van der Waals surface area contributed by atoms with Crippen LogP contribution in [0.3, 0.4) is 0 Å². The lowest BCUT2D eigenvalue weighted by Crippen LogP contribution is -2.36. The van der Waals surface area contributed by atoms with Crippen molar-refractivity contribution in [3.63, 3.8) is 0 Å². The van der Waals surface area contributed by atoms with E-state index in [1.54, 1.807) is 7.05 Å². The number of anilines is 1. The number of halogens is 5. The monoisotopic (exact) mass is 376 g/mol. The van der Waals surface area contributed by atoms with Gasteiger partial charge in [-0.3, -0.25) is 4.79 Å². The summed E-state index contributed by atoms with van der Waals surface area (Å²) < 4.78 is 40.1. The number of carbonyl (C=O) groups excluding carboxylic acids is 1. The van der Waals surface area contributed by atoms with Gasteiger partial charge < -0.3 is 9.47 Å². The molecule has 24 heavy (non-hydrogen) atoms. The van der Waals surface area contributed by atoms with Crippen molar-refractivity contribution in [1.29, 1.82) is 0 Å². The van der Waals surface area contributed by atoms with Gasteiger partial charge in [-0.15, -0.1) is 0 Å². The number of aromatic nitrogens is 1. The summed E-state index contributed by atoms with van der Waals surface area (Å²) in [6.45, 7) is 0.428. The summed E-state index contributed by atoms with van der Waals surface area (Å²) in [7, 11) is 1.61. The van der Waals surface area contributed by atoms with Gasteiger partial charge in [-0.1, -0.05) is 23.2 Å². The summed E-state index contributed by atoms with van der Waals surface area (Å²) in [6.07, 6.45) is -3.32. The highest BCUT2D eigenvalue weighted by Crippen LogP contribution is 2.36. The fraction of sp³-hybridized carbons (Fsp3) is 0.312. The standard InChI is InChI=1S/C16H13Cl2F3N2O/c1-22-13(8-11(17)14(22)18)15(24)23-6-2-3-9-7-10(16(19,20)21)4-5-12(9)23/h4-5,7-8H,2-3,6H2,1H3. The molecule has 0 spiro atoms. The van der Waals surface area contributed by atoms with Gasteiger partial charge in [-0.05, 0) is 42.7 Å². The summed E-state index contributed by atoms with van der Waals surface area (Å²) in [5.41, 5.74) is 0.585. The number of benzene rings is 1. The Kier molecular flexibility index (Phi) is 4.30.